The summed E-state index contributed by atoms with van der Waals surface area (Å²) in [7, 11) is 0. The molecule has 0 atom stereocenters. The summed E-state index contributed by atoms with van der Waals surface area (Å²) in [5.74, 6) is 1.83. The molecule has 2 N–H and O–H groups in total. The lowest BCUT2D eigenvalue weighted by Gasteiger charge is -2.22. The van der Waals surface area contributed by atoms with Crippen LogP contribution in [0.5, 0.6) is 5.75 Å². The number of ether oxygens (including phenoxy) is 1. The molecule has 3 heteroatoms. The summed E-state index contributed by atoms with van der Waals surface area (Å²) in [4.78, 5) is 0. The number of hydrogen-bond donors (Lipinski definition) is 2. The molecule has 0 aromatic heterocycles. The average Bonchev–Trinajstić information content (AvgIpc) is 2.50. The van der Waals surface area contributed by atoms with E-state index in [2.05, 4.69) is 41.8 Å². The van der Waals surface area contributed by atoms with Crippen LogP contribution >= 0.6 is 0 Å². The molecule has 1 aliphatic rings. The van der Waals surface area contributed by atoms with Crippen molar-refractivity contribution in [2.75, 3.05) is 26.2 Å². The minimum atomic E-state index is 0.823. The summed E-state index contributed by atoms with van der Waals surface area (Å²) in [6.45, 7) is 7.45. The summed E-state index contributed by atoms with van der Waals surface area (Å²) in [6.07, 6.45) is 4.91. The van der Waals surface area contributed by atoms with Crippen molar-refractivity contribution in [2.24, 2.45) is 5.92 Å². The molecule has 0 amide bonds. The van der Waals surface area contributed by atoms with E-state index in [0.717, 1.165) is 37.8 Å². The maximum absolute atomic E-state index is 5.67. The highest BCUT2D eigenvalue weighted by Crippen LogP contribution is 2.13. The standard InChI is InChI=1S/C17H28N2O/c1-2-3-12-20-17-6-4-15(5-7-17)13-19-14-16-8-10-18-11-9-16/h4-7,16,18-19H,2-3,8-14H2,1H3. The molecular weight excluding hydrogens is 248 g/mol. The Hall–Kier alpha value is -1.06. The molecule has 3 nitrogen and oxygen atoms in total. The van der Waals surface area contributed by atoms with Crippen molar-refractivity contribution in [3.63, 3.8) is 0 Å². The maximum Gasteiger partial charge on any atom is 0.119 e. The van der Waals surface area contributed by atoms with Crippen molar-refractivity contribution in [1.29, 1.82) is 0 Å². The fourth-order valence-corrected chi connectivity index (χ4v) is 2.54. The Morgan fingerprint density at radius 3 is 2.65 bits per heavy atom. The highest BCUT2D eigenvalue weighted by atomic mass is 16.5. The van der Waals surface area contributed by atoms with Crippen LogP contribution in [0, 0.1) is 5.92 Å². The Bertz CT molecular complexity index is 358. The van der Waals surface area contributed by atoms with E-state index in [0.29, 0.717) is 0 Å². The summed E-state index contributed by atoms with van der Waals surface area (Å²) < 4.78 is 5.67. The molecule has 2 rings (SSSR count). The fourth-order valence-electron chi connectivity index (χ4n) is 2.54. The molecule has 0 aliphatic carbocycles. The van der Waals surface area contributed by atoms with Crippen LogP contribution in [0.4, 0.5) is 0 Å². The van der Waals surface area contributed by atoms with Crippen LogP contribution in [0.25, 0.3) is 0 Å². The smallest absolute Gasteiger partial charge is 0.119 e. The van der Waals surface area contributed by atoms with Gasteiger partial charge in [0.1, 0.15) is 5.75 Å². The number of rotatable bonds is 8. The van der Waals surface area contributed by atoms with Gasteiger partial charge in [0, 0.05) is 6.54 Å². The molecule has 1 heterocycles. The van der Waals surface area contributed by atoms with Gasteiger partial charge in [-0.3, -0.25) is 0 Å². The van der Waals surface area contributed by atoms with Crippen LogP contribution < -0.4 is 15.4 Å². The molecule has 20 heavy (non-hydrogen) atoms. The molecule has 0 saturated carbocycles. The number of nitrogens with one attached hydrogen (secondary N) is 2. The first-order valence-corrected chi connectivity index (χ1v) is 8.01. The zero-order chi connectivity index (χ0) is 14.0. The SMILES string of the molecule is CCCCOc1ccc(CNCC2CCNCC2)cc1. The first kappa shape index (κ1) is 15.3. The van der Waals surface area contributed by atoms with Crippen LogP contribution in [-0.4, -0.2) is 26.2 Å². The van der Waals surface area contributed by atoms with Crippen LogP contribution in [0.15, 0.2) is 24.3 Å². The molecule has 1 aliphatic heterocycles. The van der Waals surface area contributed by atoms with Crippen LogP contribution in [0.1, 0.15) is 38.2 Å². The topological polar surface area (TPSA) is 33.3 Å². The van der Waals surface area contributed by atoms with E-state index in [-0.39, 0.29) is 0 Å². The van der Waals surface area contributed by atoms with Gasteiger partial charge >= 0.3 is 0 Å². The Morgan fingerprint density at radius 1 is 1.20 bits per heavy atom. The van der Waals surface area contributed by atoms with E-state index in [4.69, 9.17) is 4.74 Å². The Balaban J connectivity index is 1.65. The third kappa shape index (κ3) is 5.51. The summed E-state index contributed by atoms with van der Waals surface area (Å²) in [6, 6.07) is 8.49. The molecule has 0 radical (unpaired) electrons. The maximum atomic E-state index is 5.67. The molecule has 0 spiro atoms. The van der Waals surface area contributed by atoms with Crippen molar-refractivity contribution in [2.45, 2.75) is 39.2 Å². The molecular formula is C17H28N2O. The lowest BCUT2D eigenvalue weighted by molar-refractivity contribution is 0.309. The number of benzene rings is 1. The molecule has 0 bridgehead atoms. The highest BCUT2D eigenvalue weighted by Gasteiger charge is 2.11. The van der Waals surface area contributed by atoms with Gasteiger partial charge in [0.05, 0.1) is 6.61 Å². The van der Waals surface area contributed by atoms with Gasteiger partial charge < -0.3 is 15.4 Å². The Morgan fingerprint density at radius 2 is 1.95 bits per heavy atom. The quantitative estimate of drug-likeness (QED) is 0.716. The van der Waals surface area contributed by atoms with Gasteiger partial charge in [-0.2, -0.15) is 0 Å². The second kappa shape index (κ2) is 8.98. The van der Waals surface area contributed by atoms with Crippen LogP contribution in [0.2, 0.25) is 0 Å². The summed E-state index contributed by atoms with van der Waals surface area (Å²) >= 11 is 0. The zero-order valence-corrected chi connectivity index (χ0v) is 12.7. The van der Waals surface area contributed by atoms with Crippen molar-refractivity contribution in [3.05, 3.63) is 29.8 Å². The largest absolute Gasteiger partial charge is 0.494 e. The highest BCUT2D eigenvalue weighted by molar-refractivity contribution is 5.27. The fraction of sp³-hybridized carbons (Fsp3) is 0.647. The molecule has 1 saturated heterocycles. The predicted molar refractivity (Wildman–Crippen MR) is 84.1 cm³/mol. The summed E-state index contributed by atoms with van der Waals surface area (Å²) in [5.41, 5.74) is 1.33. The van der Waals surface area contributed by atoms with E-state index in [1.54, 1.807) is 0 Å². The molecule has 1 aromatic rings. The van der Waals surface area contributed by atoms with Crippen molar-refractivity contribution in [3.8, 4) is 5.75 Å². The van der Waals surface area contributed by atoms with Gasteiger partial charge in [-0.1, -0.05) is 25.5 Å². The third-order valence-electron chi connectivity index (χ3n) is 3.91. The average molecular weight is 276 g/mol. The summed E-state index contributed by atoms with van der Waals surface area (Å²) in [5, 5.41) is 6.98. The molecule has 112 valence electrons. The third-order valence-corrected chi connectivity index (χ3v) is 3.91. The minimum Gasteiger partial charge on any atom is -0.494 e. The van der Waals surface area contributed by atoms with Crippen molar-refractivity contribution >= 4 is 0 Å². The molecule has 0 unspecified atom stereocenters. The van der Waals surface area contributed by atoms with E-state index >= 15 is 0 Å². The van der Waals surface area contributed by atoms with Gasteiger partial charge in [0.2, 0.25) is 0 Å². The van der Waals surface area contributed by atoms with E-state index in [1.807, 2.05) is 0 Å². The normalized spacial score (nSPS) is 16.2. The van der Waals surface area contributed by atoms with E-state index in [9.17, 15) is 0 Å². The monoisotopic (exact) mass is 276 g/mol. The first-order valence-electron chi connectivity index (χ1n) is 8.01. The predicted octanol–water partition coefficient (Wildman–Crippen LogP) is 2.95. The van der Waals surface area contributed by atoms with E-state index in [1.165, 1.54) is 37.9 Å². The number of piperidine rings is 1. The number of unbranched alkanes of at least 4 members (excludes halogenated alkanes) is 1. The van der Waals surface area contributed by atoms with Crippen molar-refractivity contribution < 1.29 is 4.74 Å². The van der Waals surface area contributed by atoms with Gasteiger partial charge in [0.15, 0.2) is 0 Å². The van der Waals surface area contributed by atoms with Gasteiger partial charge in [0.25, 0.3) is 0 Å². The lowest BCUT2D eigenvalue weighted by atomic mass is 9.98. The van der Waals surface area contributed by atoms with Gasteiger partial charge in [-0.25, -0.2) is 0 Å². The molecule has 1 aromatic carbocycles. The van der Waals surface area contributed by atoms with Crippen LogP contribution in [0.3, 0.4) is 0 Å². The molecule has 1 fully saturated rings. The minimum absolute atomic E-state index is 0.823. The second-order valence-electron chi connectivity index (χ2n) is 5.67. The Labute approximate surface area is 123 Å². The zero-order valence-electron chi connectivity index (χ0n) is 12.7. The van der Waals surface area contributed by atoms with Crippen molar-refractivity contribution in [1.82, 2.24) is 10.6 Å². The number of hydrogen-bond acceptors (Lipinski definition) is 3. The van der Waals surface area contributed by atoms with Gasteiger partial charge in [-0.15, -0.1) is 0 Å². The van der Waals surface area contributed by atoms with E-state index < -0.39 is 0 Å². The van der Waals surface area contributed by atoms with Gasteiger partial charge in [-0.05, 0) is 62.5 Å². The lowest BCUT2D eigenvalue weighted by Crippen LogP contribution is -2.33. The Kier molecular flexibility index (Phi) is 6.89. The van der Waals surface area contributed by atoms with Crippen LogP contribution in [-0.2, 0) is 6.54 Å². The first-order chi connectivity index (χ1) is 9.88. The second-order valence-corrected chi connectivity index (χ2v) is 5.67.